The summed E-state index contributed by atoms with van der Waals surface area (Å²) >= 11 is 0. The third-order valence-corrected chi connectivity index (χ3v) is 12.5. The van der Waals surface area contributed by atoms with E-state index in [0.29, 0.717) is 0 Å². The first-order valence-corrected chi connectivity index (χ1v) is 28.4. The van der Waals surface area contributed by atoms with Gasteiger partial charge in [-0.25, -0.2) is 66.0 Å². The van der Waals surface area contributed by atoms with E-state index in [2.05, 4.69) is 132 Å². The first kappa shape index (κ1) is 71.1. The van der Waals surface area contributed by atoms with Gasteiger partial charge in [-0.05, 0) is 176 Å². The van der Waals surface area contributed by atoms with Crippen LogP contribution in [0, 0.1) is 124 Å². The van der Waals surface area contributed by atoms with Crippen molar-refractivity contribution in [2.45, 2.75) is 83.1 Å². The van der Waals surface area contributed by atoms with Gasteiger partial charge in [0.05, 0.1) is 22.8 Å². The van der Waals surface area contributed by atoms with Crippen LogP contribution < -0.4 is 37.3 Å². The van der Waals surface area contributed by atoms with Crippen LogP contribution in [0.25, 0.3) is 68.3 Å². The Labute approximate surface area is 517 Å². The molecule has 4 aromatic carbocycles. The van der Waals surface area contributed by atoms with Crippen molar-refractivity contribution in [3.05, 3.63) is 221 Å². The van der Waals surface area contributed by atoms with Crippen molar-refractivity contribution >= 4 is 0 Å². The van der Waals surface area contributed by atoms with Gasteiger partial charge in [-0.3, -0.25) is 20.2 Å². The molecule has 0 aliphatic carbocycles. The molecule has 10 aromatic rings. The van der Waals surface area contributed by atoms with Gasteiger partial charge in [-0.1, -0.05) is 82.9 Å². The summed E-state index contributed by atoms with van der Waals surface area (Å²) in [4.78, 5) is 26.3. The van der Waals surface area contributed by atoms with Gasteiger partial charge < -0.3 is 0 Å². The summed E-state index contributed by atoms with van der Waals surface area (Å²) in [6, 6.07) is 37.7. The fourth-order valence-corrected chi connectivity index (χ4v) is 10.0. The number of nitrogens with zero attached hydrogens (tertiary/aromatic N) is 12. The Morgan fingerprint density at radius 2 is 0.483 bits per heavy atom. The van der Waals surface area contributed by atoms with Crippen LogP contribution in [0.5, 0.6) is 0 Å². The summed E-state index contributed by atoms with van der Waals surface area (Å²) in [5, 5.41) is 37.0. The Morgan fingerprint density at radius 1 is 0.333 bits per heavy atom. The molecule has 0 N–H and O–H groups in total. The van der Waals surface area contributed by atoms with Gasteiger partial charge in [0, 0.05) is 56.9 Å². The number of rotatable bonds is 8. The molecule has 0 fully saturated rings. The van der Waals surface area contributed by atoms with Crippen molar-refractivity contribution in [1.29, 1.82) is 0 Å². The van der Waals surface area contributed by atoms with Gasteiger partial charge in [0.25, 0.3) is 0 Å². The van der Waals surface area contributed by atoms with Crippen molar-refractivity contribution in [2.24, 2.45) is 0 Å². The predicted octanol–water partition coefficient (Wildman–Crippen LogP) is 3.55. The van der Waals surface area contributed by atoms with Crippen molar-refractivity contribution in [3.63, 3.8) is 0 Å². The van der Waals surface area contributed by atoms with Crippen LogP contribution in [0.4, 0.5) is 0 Å². The second-order valence-electron chi connectivity index (χ2n) is 20.0. The molecule has 10 rings (SSSR count). The summed E-state index contributed by atoms with van der Waals surface area (Å²) < 4.78 is 75.3. The molecule has 0 amide bonds. The van der Waals surface area contributed by atoms with Crippen molar-refractivity contribution in [3.8, 4) is 68.3 Å². The number of halogens is 2. The second-order valence-corrected chi connectivity index (χ2v) is 21.5. The van der Waals surface area contributed by atoms with Gasteiger partial charge in [0.1, 0.15) is 0 Å². The third kappa shape index (κ3) is 21.5. The molecule has 0 aliphatic heterocycles. The monoisotopic (exact) mass is 1280 g/mol. The standard InChI is InChI=1S/2C29H29N5.2CH3NO2.2ClHO4.Cu/c2*1-18-14-20(3)28(21(4)15-18)24-10-12-33(31-24)26-8-7-9-27(30-26)34-13-11-25(32-34)29-22(5)16-19(2)17-23(29)6;2*1-2(3)4;2*2-1(3,4)5;/h2*7-17H,1-6H3;2*1H3;2*(H,2,3,4,5);/q;;;;;;+2/p-2. The van der Waals surface area contributed by atoms with Gasteiger partial charge in [-0.15, -0.1) is 20.5 Å². The van der Waals surface area contributed by atoms with E-state index in [0.717, 1.165) is 60.1 Å². The van der Waals surface area contributed by atoms with Crippen LogP contribution in [0.3, 0.4) is 0 Å². The second kappa shape index (κ2) is 30.8. The number of nitro groups is 2. The molecule has 0 aliphatic rings. The maximum atomic E-state index is 8.81. The molecule has 87 heavy (non-hydrogen) atoms. The zero-order chi connectivity index (χ0) is 64.1. The Kier molecular flexibility index (Phi) is 25.2. The number of hydrogen-bond acceptors (Lipinski definition) is 18. The van der Waals surface area contributed by atoms with Crippen LogP contribution in [-0.2, 0) is 17.1 Å². The molecule has 6 heterocycles. The Balaban J connectivity index is 0.000000289. The fraction of sp³-hybridized carbons (Fsp3) is 0.233. The van der Waals surface area contributed by atoms with E-state index in [1.807, 2.05) is 104 Å². The molecular formula is C60H64Cl2CuN12O12. The average molecular weight is 1280 g/mol. The SMILES string of the molecule is C[N+](=O)[O-].C[N+](=O)[O-].Cc1cc(C)c(-c2ccn(-c3cccc(-n4ccc(-c5c(C)cc(C)cc5C)n4)n3)n2)c(C)c1.Cc1cc(C)c(-c2ccn(-c3cccc(-n4ccc(-c5c(C)cc(C)cc5C)n4)n3)n2)c(C)c1.[Cu+2].[O-][Cl+3]([O-])([O-])[O-].[O-][Cl+3]([O-])([O-])[O-]. The number of hydrogen-bond donors (Lipinski definition) is 0. The van der Waals surface area contributed by atoms with E-state index in [1.165, 1.54) is 89.0 Å². The molecule has 461 valence electrons. The summed E-state index contributed by atoms with van der Waals surface area (Å²) in [6.07, 6.45) is 7.86. The van der Waals surface area contributed by atoms with Crippen LogP contribution in [-0.4, -0.2) is 73.0 Å². The molecule has 0 unspecified atom stereocenters. The number of pyridine rings is 2. The van der Waals surface area contributed by atoms with Crippen molar-refractivity contribution in [1.82, 2.24) is 49.1 Å². The smallest absolute Gasteiger partial charge is 0.265 e. The van der Waals surface area contributed by atoms with Crippen LogP contribution >= 0.6 is 0 Å². The molecule has 0 saturated heterocycles. The summed E-state index contributed by atoms with van der Waals surface area (Å²) in [6.45, 7) is 25.6. The average Bonchev–Trinajstić information content (AvgIpc) is 2.16. The van der Waals surface area contributed by atoms with E-state index >= 15 is 0 Å². The van der Waals surface area contributed by atoms with Crippen molar-refractivity contribution < 1.29 is 84.7 Å². The minimum absolute atomic E-state index is 0. The maximum Gasteiger partial charge on any atom is 2.00 e. The Morgan fingerprint density at radius 3 is 0.632 bits per heavy atom. The van der Waals surface area contributed by atoms with Crippen LogP contribution in [0.2, 0.25) is 0 Å². The largest absolute Gasteiger partial charge is 2.00 e. The maximum absolute atomic E-state index is 8.81. The summed E-state index contributed by atoms with van der Waals surface area (Å²) in [5.74, 6) is 3.02. The summed E-state index contributed by atoms with van der Waals surface area (Å²) in [7, 11) is -8.11. The normalized spacial score (nSPS) is 10.7. The molecule has 0 saturated carbocycles. The van der Waals surface area contributed by atoms with E-state index in [4.69, 9.17) is 87.9 Å². The molecule has 1 radical (unpaired) electrons. The van der Waals surface area contributed by atoms with Gasteiger partial charge in [-0.2, -0.15) is 20.4 Å². The number of aryl methyl sites for hydroxylation is 12. The minimum Gasteiger partial charge on any atom is -0.265 e. The molecule has 24 nitrogen and oxygen atoms in total. The first-order chi connectivity index (χ1) is 40.1. The molecule has 0 spiro atoms. The van der Waals surface area contributed by atoms with Gasteiger partial charge in [0.15, 0.2) is 37.4 Å². The van der Waals surface area contributed by atoms with Crippen molar-refractivity contribution in [2.75, 3.05) is 14.1 Å². The van der Waals surface area contributed by atoms with Crippen LogP contribution in [0.15, 0.2) is 134 Å². The third-order valence-electron chi connectivity index (χ3n) is 12.5. The number of aromatic nitrogens is 10. The van der Waals surface area contributed by atoms with E-state index < -0.39 is 30.3 Å². The van der Waals surface area contributed by atoms with E-state index in [9.17, 15) is 0 Å². The van der Waals surface area contributed by atoms with E-state index in [1.54, 1.807) is 0 Å². The Hall–Kier alpha value is -8.40. The summed E-state index contributed by atoms with van der Waals surface area (Å²) in [5.41, 5.74) is 23.5. The molecule has 27 heteroatoms. The van der Waals surface area contributed by atoms with Gasteiger partial charge in [0.2, 0.25) is 0 Å². The topological polar surface area (TPSA) is 368 Å². The zero-order valence-corrected chi connectivity index (χ0v) is 52.5. The molecule has 0 atom stereocenters. The predicted molar refractivity (Wildman–Crippen MR) is 301 cm³/mol. The molecule has 6 aromatic heterocycles. The van der Waals surface area contributed by atoms with E-state index in [-0.39, 0.29) is 17.1 Å². The minimum atomic E-state index is -4.94. The molecule has 0 bridgehead atoms. The zero-order valence-electron chi connectivity index (χ0n) is 50.0. The first-order valence-electron chi connectivity index (χ1n) is 26.0. The molecular weight excluding hydrogens is 1220 g/mol. The quantitative estimate of drug-likeness (QED) is 0.119. The number of benzene rings is 4. The van der Waals surface area contributed by atoms with Crippen LogP contribution in [0.1, 0.15) is 66.8 Å². The fourth-order valence-electron chi connectivity index (χ4n) is 10.0. The van der Waals surface area contributed by atoms with Gasteiger partial charge >= 0.3 is 17.1 Å². The Bertz CT molecular complexity index is 3410.